The quantitative estimate of drug-likeness (QED) is 0.841. The molecule has 0 aliphatic heterocycles. The lowest BCUT2D eigenvalue weighted by Crippen LogP contribution is -2.06. The van der Waals surface area contributed by atoms with Gasteiger partial charge in [0.05, 0.1) is 9.89 Å². The van der Waals surface area contributed by atoms with Crippen LogP contribution in [0.4, 0.5) is 0 Å². The minimum atomic E-state index is -0.416. The fourth-order valence-electron chi connectivity index (χ4n) is 0.856. The number of aliphatic hydroxyl groups is 1. The molecule has 0 aromatic carbocycles. The molecule has 0 fully saturated rings. The van der Waals surface area contributed by atoms with Gasteiger partial charge in [-0.15, -0.1) is 11.3 Å². The lowest BCUT2D eigenvalue weighted by Gasteiger charge is -2.06. The normalized spacial score (nSPS) is 13.4. The summed E-state index contributed by atoms with van der Waals surface area (Å²) >= 11 is 4.93. The Hall–Kier alpha value is 0.100. The highest BCUT2D eigenvalue weighted by molar-refractivity contribution is 9.11. The molecule has 1 atom stereocenters. The molecule has 3 N–H and O–H groups in total. The van der Waals surface area contributed by atoms with E-state index in [4.69, 9.17) is 5.73 Å². The summed E-state index contributed by atoms with van der Waals surface area (Å²) in [6, 6.07) is 1.91. The van der Waals surface area contributed by atoms with Crippen LogP contribution in [0.5, 0.6) is 0 Å². The van der Waals surface area contributed by atoms with Gasteiger partial charge < -0.3 is 10.8 Å². The summed E-state index contributed by atoms with van der Waals surface area (Å²) in [4.78, 5) is 0. The van der Waals surface area contributed by atoms with Crippen molar-refractivity contribution < 1.29 is 5.11 Å². The summed E-state index contributed by atoms with van der Waals surface area (Å²) in [6.45, 7) is 0.517. The zero-order chi connectivity index (χ0) is 8.27. The molecule has 0 saturated heterocycles. The van der Waals surface area contributed by atoms with Crippen molar-refractivity contribution >= 4 is 27.3 Å². The van der Waals surface area contributed by atoms with Crippen LogP contribution in [0.2, 0.25) is 0 Å². The maximum Gasteiger partial charge on any atom is 0.0821 e. The van der Waals surface area contributed by atoms with Gasteiger partial charge in [0.1, 0.15) is 0 Å². The maximum atomic E-state index is 9.49. The average Bonchev–Trinajstić information content (AvgIpc) is 2.36. The predicted octanol–water partition coefficient (Wildman–Crippen LogP) is 1.89. The molecule has 11 heavy (non-hydrogen) atoms. The molecule has 0 spiro atoms. The molecule has 1 aromatic rings. The van der Waals surface area contributed by atoms with Gasteiger partial charge in [-0.25, -0.2) is 0 Å². The van der Waals surface area contributed by atoms with E-state index in [1.807, 2.05) is 11.4 Å². The Labute approximate surface area is 78.2 Å². The van der Waals surface area contributed by atoms with Gasteiger partial charge in [0.25, 0.3) is 0 Å². The number of nitrogens with two attached hydrogens (primary N) is 1. The van der Waals surface area contributed by atoms with E-state index in [0.29, 0.717) is 13.0 Å². The van der Waals surface area contributed by atoms with Crippen LogP contribution in [0.3, 0.4) is 0 Å². The third-order valence-electron chi connectivity index (χ3n) is 1.45. The summed E-state index contributed by atoms with van der Waals surface area (Å²) in [5, 5.41) is 11.4. The van der Waals surface area contributed by atoms with Crippen LogP contribution in [-0.4, -0.2) is 11.7 Å². The third kappa shape index (κ3) is 2.27. The van der Waals surface area contributed by atoms with Gasteiger partial charge in [0, 0.05) is 5.56 Å². The van der Waals surface area contributed by atoms with E-state index in [2.05, 4.69) is 15.9 Å². The summed E-state index contributed by atoms with van der Waals surface area (Å²) in [5.41, 5.74) is 6.26. The van der Waals surface area contributed by atoms with Crippen molar-refractivity contribution in [3.63, 3.8) is 0 Å². The van der Waals surface area contributed by atoms with E-state index in [-0.39, 0.29) is 0 Å². The van der Waals surface area contributed by atoms with Crippen molar-refractivity contribution in [3.05, 3.63) is 20.8 Å². The highest BCUT2D eigenvalue weighted by atomic mass is 79.9. The molecule has 0 saturated carbocycles. The highest BCUT2D eigenvalue weighted by Crippen LogP contribution is 2.29. The van der Waals surface area contributed by atoms with Crippen LogP contribution in [0.1, 0.15) is 18.1 Å². The molecular formula is C7H10BrNOS. The standard InChI is InChI=1S/C7H10BrNOS/c8-7-5(2-4-11-7)6(10)1-3-9/h2,4,6,10H,1,3,9H2. The van der Waals surface area contributed by atoms with E-state index < -0.39 is 6.10 Å². The summed E-state index contributed by atoms with van der Waals surface area (Å²) in [5.74, 6) is 0. The Bertz CT molecular complexity index is 226. The predicted molar refractivity (Wildman–Crippen MR) is 50.7 cm³/mol. The van der Waals surface area contributed by atoms with Crippen LogP contribution in [0.15, 0.2) is 15.2 Å². The minimum Gasteiger partial charge on any atom is -0.388 e. The molecule has 0 aliphatic carbocycles. The Balaban J connectivity index is 2.67. The minimum absolute atomic E-state index is 0.416. The molecular weight excluding hydrogens is 226 g/mol. The number of thiophene rings is 1. The summed E-state index contributed by atoms with van der Waals surface area (Å²) in [7, 11) is 0. The smallest absolute Gasteiger partial charge is 0.0821 e. The first-order valence-corrected chi connectivity index (χ1v) is 5.04. The first kappa shape index (κ1) is 9.19. The molecule has 1 aromatic heterocycles. The second kappa shape index (κ2) is 4.21. The Kier molecular flexibility index (Phi) is 3.51. The van der Waals surface area contributed by atoms with Crippen LogP contribution < -0.4 is 5.73 Å². The summed E-state index contributed by atoms with van der Waals surface area (Å²) in [6.07, 6.45) is 0.204. The first-order chi connectivity index (χ1) is 5.25. The maximum absolute atomic E-state index is 9.49. The van der Waals surface area contributed by atoms with E-state index >= 15 is 0 Å². The topological polar surface area (TPSA) is 46.2 Å². The van der Waals surface area contributed by atoms with Crippen molar-refractivity contribution in [2.24, 2.45) is 5.73 Å². The van der Waals surface area contributed by atoms with Crippen LogP contribution in [0, 0.1) is 0 Å². The van der Waals surface area contributed by atoms with Gasteiger partial charge in [0.2, 0.25) is 0 Å². The zero-order valence-electron chi connectivity index (χ0n) is 5.96. The summed E-state index contributed by atoms with van der Waals surface area (Å²) < 4.78 is 0.999. The van der Waals surface area contributed by atoms with E-state index in [1.54, 1.807) is 11.3 Å². The van der Waals surface area contributed by atoms with E-state index in [0.717, 1.165) is 9.35 Å². The highest BCUT2D eigenvalue weighted by Gasteiger charge is 2.10. The number of rotatable bonds is 3. The molecule has 0 radical (unpaired) electrons. The van der Waals surface area contributed by atoms with Gasteiger partial charge in [-0.3, -0.25) is 0 Å². The molecule has 1 rings (SSSR count). The number of hydrogen-bond donors (Lipinski definition) is 2. The Morgan fingerprint density at radius 3 is 2.91 bits per heavy atom. The second-order valence-electron chi connectivity index (χ2n) is 2.24. The Morgan fingerprint density at radius 1 is 1.73 bits per heavy atom. The van der Waals surface area contributed by atoms with Gasteiger partial charge in [-0.05, 0) is 40.3 Å². The first-order valence-electron chi connectivity index (χ1n) is 3.36. The number of hydrogen-bond acceptors (Lipinski definition) is 3. The lowest BCUT2D eigenvalue weighted by atomic mass is 10.1. The van der Waals surface area contributed by atoms with Gasteiger partial charge >= 0.3 is 0 Å². The lowest BCUT2D eigenvalue weighted by molar-refractivity contribution is 0.170. The Morgan fingerprint density at radius 2 is 2.45 bits per heavy atom. The average molecular weight is 236 g/mol. The van der Waals surface area contributed by atoms with Crippen LogP contribution in [-0.2, 0) is 0 Å². The SMILES string of the molecule is NCCC(O)c1ccsc1Br. The molecule has 0 bridgehead atoms. The van der Waals surface area contributed by atoms with Crippen molar-refractivity contribution in [1.29, 1.82) is 0 Å². The number of aliphatic hydroxyl groups excluding tert-OH is 1. The molecule has 1 unspecified atom stereocenters. The van der Waals surface area contributed by atoms with Crippen molar-refractivity contribution in [2.45, 2.75) is 12.5 Å². The molecule has 0 aliphatic rings. The van der Waals surface area contributed by atoms with Crippen molar-refractivity contribution in [2.75, 3.05) is 6.54 Å². The van der Waals surface area contributed by atoms with Gasteiger partial charge in [-0.2, -0.15) is 0 Å². The largest absolute Gasteiger partial charge is 0.388 e. The third-order valence-corrected chi connectivity index (χ3v) is 3.18. The fraction of sp³-hybridized carbons (Fsp3) is 0.429. The molecule has 0 amide bonds. The monoisotopic (exact) mass is 235 g/mol. The second-order valence-corrected chi connectivity index (χ2v) is 4.48. The van der Waals surface area contributed by atoms with Crippen LogP contribution in [0.25, 0.3) is 0 Å². The van der Waals surface area contributed by atoms with Gasteiger partial charge in [-0.1, -0.05) is 0 Å². The molecule has 2 nitrogen and oxygen atoms in total. The zero-order valence-corrected chi connectivity index (χ0v) is 8.36. The number of halogens is 1. The molecule has 1 heterocycles. The van der Waals surface area contributed by atoms with Crippen LogP contribution >= 0.6 is 27.3 Å². The van der Waals surface area contributed by atoms with E-state index in [1.165, 1.54) is 0 Å². The fourth-order valence-corrected chi connectivity index (χ4v) is 2.25. The molecule has 62 valence electrons. The van der Waals surface area contributed by atoms with Crippen molar-refractivity contribution in [1.82, 2.24) is 0 Å². The van der Waals surface area contributed by atoms with Gasteiger partial charge in [0.15, 0.2) is 0 Å². The van der Waals surface area contributed by atoms with Crippen molar-refractivity contribution in [3.8, 4) is 0 Å². The molecule has 4 heteroatoms. The van der Waals surface area contributed by atoms with E-state index in [9.17, 15) is 5.11 Å².